The monoisotopic (exact) mass is 380 g/mol. The number of hydrogen-bond donors (Lipinski definition) is 2. The van der Waals surface area contributed by atoms with Crippen LogP contribution in [0.1, 0.15) is 37.8 Å². The lowest BCUT2D eigenvalue weighted by atomic mass is 9.84. The van der Waals surface area contributed by atoms with Crippen molar-refractivity contribution < 1.29 is 9.90 Å². The Hall–Kier alpha value is -1.40. The Bertz CT molecular complexity index is 687. The molecule has 1 aliphatic heterocycles. The zero-order chi connectivity index (χ0) is 15.9. The summed E-state index contributed by atoms with van der Waals surface area (Å²) in [7, 11) is 0. The van der Waals surface area contributed by atoms with Gasteiger partial charge in [0.2, 0.25) is 0 Å². The molecule has 1 aliphatic carbocycles. The van der Waals surface area contributed by atoms with Gasteiger partial charge < -0.3 is 15.3 Å². The van der Waals surface area contributed by atoms with Crippen molar-refractivity contribution in [3.63, 3.8) is 0 Å². The smallest absolute Gasteiger partial charge is 0.173 e. The summed E-state index contributed by atoms with van der Waals surface area (Å²) in [5.41, 5.74) is 2.43. The van der Waals surface area contributed by atoms with Crippen molar-refractivity contribution >= 4 is 39.0 Å². The van der Waals surface area contributed by atoms with Gasteiger partial charge in [0.05, 0.1) is 6.04 Å². The van der Waals surface area contributed by atoms with E-state index in [-0.39, 0.29) is 17.6 Å². The summed E-state index contributed by atoms with van der Waals surface area (Å²) in [6.45, 7) is 2.75. The summed E-state index contributed by atoms with van der Waals surface area (Å²) in [5, 5.41) is 14.1. The van der Waals surface area contributed by atoms with E-state index in [0.717, 1.165) is 35.1 Å². The minimum absolute atomic E-state index is 0.138. The summed E-state index contributed by atoms with van der Waals surface area (Å²) < 4.78 is 0.858. The Morgan fingerprint density at radius 3 is 2.95 bits per heavy atom. The number of nitrogens with zero attached hydrogens (tertiary/aromatic N) is 1. The first-order valence-electron chi connectivity index (χ1n) is 7.35. The van der Waals surface area contributed by atoms with Crippen molar-refractivity contribution in [2.24, 2.45) is 0 Å². The van der Waals surface area contributed by atoms with Gasteiger partial charge in [-0.1, -0.05) is 15.9 Å². The molecule has 4 nitrogen and oxygen atoms in total. The van der Waals surface area contributed by atoms with Crippen LogP contribution < -0.4 is 5.32 Å². The topological polar surface area (TPSA) is 52.6 Å². The van der Waals surface area contributed by atoms with E-state index >= 15 is 0 Å². The van der Waals surface area contributed by atoms with Crippen molar-refractivity contribution in [3.05, 3.63) is 39.5 Å². The van der Waals surface area contributed by atoms with E-state index in [4.69, 9.17) is 12.2 Å². The normalized spacial score (nSPS) is 21.7. The van der Waals surface area contributed by atoms with Gasteiger partial charge in [-0.3, -0.25) is 4.79 Å². The number of benzene rings is 1. The molecule has 0 bridgehead atoms. The number of hydrogen-bond acceptors (Lipinski definition) is 3. The molecule has 2 N–H and O–H groups in total. The van der Waals surface area contributed by atoms with Gasteiger partial charge in [0, 0.05) is 34.3 Å². The molecule has 0 aromatic heterocycles. The number of aromatic hydroxyl groups is 1. The zero-order valence-electron chi connectivity index (χ0n) is 12.2. The number of ketones is 1. The fourth-order valence-corrected chi connectivity index (χ4v) is 3.91. The molecule has 0 saturated heterocycles. The number of phenolic OH excluding ortho intramolecular Hbond substituents is 1. The summed E-state index contributed by atoms with van der Waals surface area (Å²) in [6, 6.07) is 4.86. The number of allylic oxidation sites excluding steroid dienone is 1. The lowest BCUT2D eigenvalue weighted by Gasteiger charge is -2.40. The van der Waals surface area contributed by atoms with Crippen molar-refractivity contribution in [3.8, 4) is 5.75 Å². The van der Waals surface area contributed by atoms with E-state index in [0.29, 0.717) is 17.1 Å². The number of carbonyl (C=O) groups is 1. The second kappa shape index (κ2) is 6.01. The van der Waals surface area contributed by atoms with E-state index in [9.17, 15) is 9.90 Å². The minimum atomic E-state index is -0.379. The number of thiocarbonyl (C=S) groups is 1. The molecule has 0 amide bonds. The summed E-state index contributed by atoms with van der Waals surface area (Å²) >= 11 is 8.89. The summed E-state index contributed by atoms with van der Waals surface area (Å²) in [6.07, 6.45) is 2.26. The molecule has 1 atom stereocenters. The predicted octanol–water partition coefficient (Wildman–Crippen LogP) is 3.41. The zero-order valence-corrected chi connectivity index (χ0v) is 14.6. The van der Waals surface area contributed by atoms with Crippen molar-refractivity contribution in [2.75, 3.05) is 6.54 Å². The molecule has 1 heterocycles. The first-order valence-corrected chi connectivity index (χ1v) is 8.55. The van der Waals surface area contributed by atoms with Crippen LogP contribution in [0.2, 0.25) is 0 Å². The maximum Gasteiger partial charge on any atom is 0.173 e. The largest absolute Gasteiger partial charge is 0.508 e. The van der Waals surface area contributed by atoms with E-state index in [1.807, 2.05) is 17.9 Å². The van der Waals surface area contributed by atoms with Crippen molar-refractivity contribution in [2.45, 2.75) is 32.2 Å². The number of nitrogens with one attached hydrogen (secondary N) is 1. The molecule has 22 heavy (non-hydrogen) atoms. The fraction of sp³-hybridized carbons (Fsp3) is 0.375. The minimum Gasteiger partial charge on any atom is -0.508 e. The van der Waals surface area contributed by atoms with Gasteiger partial charge in [-0.15, -0.1) is 0 Å². The Morgan fingerprint density at radius 1 is 1.45 bits per heavy atom. The van der Waals surface area contributed by atoms with Crippen LogP contribution in [0.25, 0.3) is 0 Å². The van der Waals surface area contributed by atoms with Crippen molar-refractivity contribution in [1.29, 1.82) is 0 Å². The molecule has 0 fully saturated rings. The average Bonchev–Trinajstić information content (AvgIpc) is 2.49. The van der Waals surface area contributed by atoms with Gasteiger partial charge in [-0.05, 0) is 50.2 Å². The lowest BCUT2D eigenvalue weighted by molar-refractivity contribution is -0.116. The van der Waals surface area contributed by atoms with Gasteiger partial charge in [0.15, 0.2) is 10.9 Å². The predicted molar refractivity (Wildman–Crippen MR) is 92.5 cm³/mol. The van der Waals surface area contributed by atoms with E-state index < -0.39 is 0 Å². The molecule has 0 spiro atoms. The second-order valence-corrected chi connectivity index (χ2v) is 6.77. The van der Waals surface area contributed by atoms with Gasteiger partial charge >= 0.3 is 0 Å². The van der Waals surface area contributed by atoms with E-state index in [1.54, 1.807) is 12.1 Å². The van der Waals surface area contributed by atoms with Crippen molar-refractivity contribution in [1.82, 2.24) is 10.2 Å². The standard InChI is InChI=1S/C16H17BrN2O2S/c1-2-19-11-4-3-5-13(21)14(11)15(18-16(19)22)10-8-9(17)6-7-12(10)20/h6-8,15,20H,2-5H2,1H3,(H,18,22). The highest BCUT2D eigenvalue weighted by atomic mass is 79.9. The van der Waals surface area contributed by atoms with Crippen LogP contribution in [0.5, 0.6) is 5.75 Å². The third kappa shape index (κ3) is 2.54. The molecule has 2 aliphatic rings. The molecule has 1 unspecified atom stereocenters. The number of rotatable bonds is 2. The number of carbonyl (C=O) groups excluding carboxylic acids is 1. The highest BCUT2D eigenvalue weighted by molar-refractivity contribution is 9.10. The molecule has 0 radical (unpaired) electrons. The molecular weight excluding hydrogens is 364 g/mol. The third-order valence-corrected chi connectivity index (χ3v) is 5.00. The first kappa shape index (κ1) is 15.5. The van der Waals surface area contributed by atoms with Crippen LogP contribution >= 0.6 is 28.1 Å². The Labute approximate surface area is 143 Å². The quantitative estimate of drug-likeness (QED) is 0.769. The molecule has 116 valence electrons. The number of Topliss-reactive ketones (excluding diaryl/α,β-unsaturated/α-hetero) is 1. The van der Waals surface area contributed by atoms with Crippen LogP contribution in [0.3, 0.4) is 0 Å². The molecule has 3 rings (SSSR count). The lowest BCUT2D eigenvalue weighted by Crippen LogP contribution is -2.49. The van der Waals surface area contributed by atoms with Crippen LogP contribution in [0.4, 0.5) is 0 Å². The molecule has 1 aromatic rings. The highest BCUT2D eigenvalue weighted by Gasteiger charge is 2.37. The summed E-state index contributed by atoms with van der Waals surface area (Å²) in [4.78, 5) is 14.5. The van der Waals surface area contributed by atoms with Gasteiger partial charge in [0.1, 0.15) is 5.75 Å². The van der Waals surface area contributed by atoms with Crippen LogP contribution in [-0.2, 0) is 4.79 Å². The van der Waals surface area contributed by atoms with Gasteiger partial charge in [0.25, 0.3) is 0 Å². The molecule has 1 aromatic carbocycles. The van der Waals surface area contributed by atoms with E-state index in [1.165, 1.54) is 0 Å². The first-order chi connectivity index (χ1) is 10.5. The average molecular weight is 381 g/mol. The van der Waals surface area contributed by atoms with Crippen LogP contribution in [-0.4, -0.2) is 27.4 Å². The Morgan fingerprint density at radius 2 is 2.23 bits per heavy atom. The SMILES string of the molecule is CCN1C(=S)NC(c2cc(Br)ccc2O)C2=C1CCCC2=O. The second-order valence-electron chi connectivity index (χ2n) is 5.47. The molecule has 0 saturated carbocycles. The highest BCUT2D eigenvalue weighted by Crippen LogP contribution is 2.40. The Kier molecular flexibility index (Phi) is 4.23. The van der Waals surface area contributed by atoms with Crippen LogP contribution in [0, 0.1) is 0 Å². The van der Waals surface area contributed by atoms with Crippen LogP contribution in [0.15, 0.2) is 33.9 Å². The maximum absolute atomic E-state index is 12.5. The number of halogens is 1. The third-order valence-electron chi connectivity index (χ3n) is 4.17. The fourth-order valence-electron chi connectivity index (χ4n) is 3.18. The van der Waals surface area contributed by atoms with E-state index in [2.05, 4.69) is 21.2 Å². The van der Waals surface area contributed by atoms with Gasteiger partial charge in [-0.2, -0.15) is 0 Å². The van der Waals surface area contributed by atoms with Gasteiger partial charge in [-0.25, -0.2) is 0 Å². The summed E-state index contributed by atoms with van der Waals surface area (Å²) in [5.74, 6) is 0.303. The molecular formula is C16H17BrN2O2S. The Balaban J connectivity index is 2.16. The maximum atomic E-state index is 12.5. The number of phenols is 1. The molecule has 6 heteroatoms.